The first-order valence-corrected chi connectivity index (χ1v) is 7.91. The summed E-state index contributed by atoms with van der Waals surface area (Å²) in [6, 6.07) is 6.90. The normalized spacial score (nSPS) is 22.6. The van der Waals surface area contributed by atoms with Gasteiger partial charge in [-0.1, -0.05) is 48.9 Å². The number of rotatable bonds is 4. The predicted molar refractivity (Wildman–Crippen MR) is 77.4 cm³/mol. The highest BCUT2D eigenvalue weighted by atomic mass is 32.2. The van der Waals surface area contributed by atoms with Crippen molar-refractivity contribution < 1.29 is 8.42 Å². The summed E-state index contributed by atoms with van der Waals surface area (Å²) in [6.07, 6.45) is 9.16. The van der Waals surface area contributed by atoms with Crippen LogP contribution in [-0.4, -0.2) is 14.0 Å². The lowest BCUT2D eigenvalue weighted by atomic mass is 9.90. The van der Waals surface area contributed by atoms with Crippen LogP contribution in [0.5, 0.6) is 0 Å². The Hall–Kier alpha value is -1.39. The van der Waals surface area contributed by atoms with Gasteiger partial charge in [0.05, 0.1) is 10.4 Å². The predicted octanol–water partition coefficient (Wildman–Crippen LogP) is 2.94. The number of aryl methyl sites for hydroxylation is 1. The van der Waals surface area contributed by atoms with Gasteiger partial charge in [0.2, 0.25) is 10.0 Å². The molecule has 19 heavy (non-hydrogen) atoms. The third-order valence-electron chi connectivity index (χ3n) is 3.44. The van der Waals surface area contributed by atoms with Crippen LogP contribution in [0.1, 0.15) is 25.3 Å². The van der Waals surface area contributed by atoms with Crippen LogP contribution in [-0.2, 0) is 10.0 Å². The maximum Gasteiger partial charge on any atom is 0.241 e. The fourth-order valence-electron chi connectivity index (χ4n) is 2.12. The SMILES string of the molecule is CCC1(NS(=O)(=O)c2ccc(C)cc2)C=CC=CC1. The van der Waals surface area contributed by atoms with E-state index in [2.05, 4.69) is 4.72 Å². The van der Waals surface area contributed by atoms with E-state index in [1.165, 1.54) is 0 Å². The molecule has 0 saturated carbocycles. The van der Waals surface area contributed by atoms with Gasteiger partial charge in [0.1, 0.15) is 0 Å². The second-order valence-corrected chi connectivity index (χ2v) is 6.60. The molecule has 1 atom stereocenters. The number of hydrogen-bond acceptors (Lipinski definition) is 2. The molecule has 0 saturated heterocycles. The Morgan fingerprint density at radius 3 is 2.42 bits per heavy atom. The van der Waals surface area contributed by atoms with Crippen LogP contribution in [0.15, 0.2) is 53.5 Å². The summed E-state index contributed by atoms with van der Waals surface area (Å²) in [5, 5.41) is 0. The van der Waals surface area contributed by atoms with Crippen molar-refractivity contribution in [3.8, 4) is 0 Å². The Bertz CT molecular complexity index is 600. The van der Waals surface area contributed by atoms with Gasteiger partial charge < -0.3 is 0 Å². The van der Waals surface area contributed by atoms with Gasteiger partial charge in [-0.25, -0.2) is 13.1 Å². The molecule has 2 rings (SSSR count). The van der Waals surface area contributed by atoms with Crippen LogP contribution in [0.25, 0.3) is 0 Å². The summed E-state index contributed by atoms with van der Waals surface area (Å²) in [7, 11) is -3.48. The van der Waals surface area contributed by atoms with Crippen LogP contribution in [0.3, 0.4) is 0 Å². The minimum atomic E-state index is -3.48. The third kappa shape index (κ3) is 3.14. The second kappa shape index (κ2) is 5.31. The van der Waals surface area contributed by atoms with E-state index in [4.69, 9.17) is 0 Å². The molecule has 0 aromatic heterocycles. The van der Waals surface area contributed by atoms with Gasteiger partial charge in [-0.15, -0.1) is 0 Å². The monoisotopic (exact) mass is 277 g/mol. The van der Waals surface area contributed by atoms with E-state index in [0.29, 0.717) is 11.3 Å². The second-order valence-electron chi connectivity index (χ2n) is 4.92. The summed E-state index contributed by atoms with van der Waals surface area (Å²) >= 11 is 0. The maximum atomic E-state index is 12.4. The fourth-order valence-corrected chi connectivity index (χ4v) is 3.56. The number of hydrogen-bond donors (Lipinski definition) is 1. The zero-order valence-corrected chi connectivity index (χ0v) is 12.1. The summed E-state index contributed by atoms with van der Waals surface area (Å²) in [5.74, 6) is 0. The molecule has 3 nitrogen and oxygen atoms in total. The van der Waals surface area contributed by atoms with Gasteiger partial charge >= 0.3 is 0 Å². The molecular weight excluding hydrogens is 258 g/mol. The molecule has 102 valence electrons. The van der Waals surface area contributed by atoms with E-state index in [1.807, 2.05) is 50.3 Å². The first kappa shape index (κ1) is 14.0. The Morgan fingerprint density at radius 1 is 1.21 bits per heavy atom. The average Bonchev–Trinajstić information content (AvgIpc) is 2.40. The van der Waals surface area contributed by atoms with Crippen LogP contribution in [0.4, 0.5) is 0 Å². The molecule has 0 radical (unpaired) electrons. The molecule has 0 amide bonds. The van der Waals surface area contributed by atoms with Gasteiger partial charge in [-0.3, -0.25) is 0 Å². The summed E-state index contributed by atoms with van der Waals surface area (Å²) in [5.41, 5.74) is 0.544. The van der Waals surface area contributed by atoms with Gasteiger partial charge in [0.15, 0.2) is 0 Å². The van der Waals surface area contributed by atoms with E-state index in [-0.39, 0.29) is 0 Å². The molecule has 1 aromatic carbocycles. The summed E-state index contributed by atoms with van der Waals surface area (Å²) in [6.45, 7) is 3.92. The zero-order valence-electron chi connectivity index (χ0n) is 11.3. The largest absolute Gasteiger partial charge is 0.241 e. The van der Waals surface area contributed by atoms with Crippen LogP contribution in [0.2, 0.25) is 0 Å². The quantitative estimate of drug-likeness (QED) is 0.919. The van der Waals surface area contributed by atoms with Crippen LogP contribution < -0.4 is 4.72 Å². The highest BCUT2D eigenvalue weighted by Gasteiger charge is 2.31. The molecule has 1 unspecified atom stereocenters. The topological polar surface area (TPSA) is 46.2 Å². The molecule has 1 aliphatic rings. The first-order chi connectivity index (χ1) is 8.97. The van der Waals surface area contributed by atoms with E-state index >= 15 is 0 Å². The molecule has 1 N–H and O–H groups in total. The fraction of sp³-hybridized carbons (Fsp3) is 0.333. The molecule has 0 heterocycles. The number of benzene rings is 1. The van der Waals surface area contributed by atoms with E-state index in [9.17, 15) is 8.42 Å². The van der Waals surface area contributed by atoms with Crippen molar-refractivity contribution in [3.05, 3.63) is 54.1 Å². The van der Waals surface area contributed by atoms with Crippen molar-refractivity contribution in [2.75, 3.05) is 0 Å². The van der Waals surface area contributed by atoms with Crippen molar-refractivity contribution in [1.29, 1.82) is 0 Å². The summed E-state index contributed by atoms with van der Waals surface area (Å²) in [4.78, 5) is 0.314. The lowest BCUT2D eigenvalue weighted by Gasteiger charge is -2.30. The van der Waals surface area contributed by atoms with E-state index in [1.54, 1.807) is 12.1 Å². The average molecular weight is 277 g/mol. The number of sulfonamides is 1. The molecule has 0 spiro atoms. The van der Waals surface area contributed by atoms with Crippen LogP contribution >= 0.6 is 0 Å². The minimum Gasteiger partial charge on any atom is -0.207 e. The Kier molecular flexibility index (Phi) is 3.92. The molecule has 0 fully saturated rings. The lowest BCUT2D eigenvalue weighted by Crippen LogP contribution is -2.46. The van der Waals surface area contributed by atoms with Crippen LogP contribution in [0, 0.1) is 6.92 Å². The Labute approximate surface area is 115 Å². The lowest BCUT2D eigenvalue weighted by molar-refractivity contribution is 0.450. The van der Waals surface area contributed by atoms with Gasteiger partial charge in [0.25, 0.3) is 0 Å². The molecule has 4 heteroatoms. The van der Waals surface area contributed by atoms with Crippen molar-refractivity contribution in [2.24, 2.45) is 0 Å². The van der Waals surface area contributed by atoms with E-state index < -0.39 is 15.6 Å². The minimum absolute atomic E-state index is 0.314. The summed E-state index contributed by atoms with van der Waals surface area (Å²) < 4.78 is 27.6. The molecule has 1 aliphatic carbocycles. The highest BCUT2D eigenvalue weighted by Crippen LogP contribution is 2.24. The van der Waals surface area contributed by atoms with Crippen molar-refractivity contribution in [1.82, 2.24) is 4.72 Å². The number of allylic oxidation sites excluding steroid dienone is 2. The zero-order chi connectivity index (χ0) is 13.9. The Morgan fingerprint density at radius 2 is 1.89 bits per heavy atom. The van der Waals surface area contributed by atoms with Crippen molar-refractivity contribution in [2.45, 2.75) is 37.1 Å². The smallest absolute Gasteiger partial charge is 0.207 e. The standard InChI is InChI=1S/C15H19NO2S/c1-3-15(11-5-4-6-12-15)16-19(17,18)14-9-7-13(2)8-10-14/h4-11,16H,3,12H2,1-2H3. The van der Waals surface area contributed by atoms with Gasteiger partial charge in [0, 0.05) is 0 Å². The Balaban J connectivity index is 2.28. The van der Waals surface area contributed by atoms with Crippen molar-refractivity contribution >= 4 is 10.0 Å². The molecular formula is C15H19NO2S. The number of nitrogens with one attached hydrogen (secondary N) is 1. The third-order valence-corrected chi connectivity index (χ3v) is 5.01. The molecule has 0 bridgehead atoms. The molecule has 1 aromatic rings. The van der Waals surface area contributed by atoms with Gasteiger partial charge in [-0.2, -0.15) is 0 Å². The van der Waals surface area contributed by atoms with Gasteiger partial charge in [-0.05, 0) is 31.9 Å². The first-order valence-electron chi connectivity index (χ1n) is 6.42. The van der Waals surface area contributed by atoms with E-state index in [0.717, 1.165) is 12.0 Å². The highest BCUT2D eigenvalue weighted by molar-refractivity contribution is 7.89. The maximum absolute atomic E-state index is 12.4. The van der Waals surface area contributed by atoms with Crippen molar-refractivity contribution in [3.63, 3.8) is 0 Å². The molecule has 0 aliphatic heterocycles.